The average Bonchev–Trinajstić information content (AvgIpc) is 2.32. The van der Waals surface area contributed by atoms with E-state index in [9.17, 15) is 0 Å². The van der Waals surface area contributed by atoms with Crippen LogP contribution in [-0.2, 0) is 0 Å². The van der Waals surface area contributed by atoms with Crippen molar-refractivity contribution in [2.24, 2.45) is 17.6 Å². The van der Waals surface area contributed by atoms with Crippen LogP contribution in [0.25, 0.3) is 0 Å². The molecule has 2 heteroatoms. The number of hydrogen-bond acceptors (Lipinski definition) is 2. The van der Waals surface area contributed by atoms with Crippen LogP contribution in [0, 0.1) is 11.8 Å². The first kappa shape index (κ1) is 13.4. The maximum atomic E-state index is 6.06. The molecule has 0 heterocycles. The van der Waals surface area contributed by atoms with E-state index < -0.39 is 0 Å². The predicted octanol–water partition coefficient (Wildman–Crippen LogP) is 3.06. The van der Waals surface area contributed by atoms with Gasteiger partial charge in [-0.05, 0) is 37.6 Å². The molecular weight excluding hydrogens is 208 g/mol. The van der Waals surface area contributed by atoms with E-state index in [0.29, 0.717) is 0 Å². The Morgan fingerprint density at radius 1 is 1.18 bits per heavy atom. The molecule has 2 aliphatic carbocycles. The molecule has 2 rings (SSSR count). The lowest BCUT2D eigenvalue weighted by atomic mass is 9.74. The minimum Gasteiger partial charge on any atom is -0.329 e. The fourth-order valence-electron chi connectivity index (χ4n) is 3.58. The molecule has 0 aromatic rings. The lowest BCUT2D eigenvalue weighted by Gasteiger charge is -2.41. The molecule has 0 bridgehead atoms. The molecule has 0 aromatic heterocycles. The van der Waals surface area contributed by atoms with Crippen LogP contribution in [0.3, 0.4) is 0 Å². The molecule has 100 valence electrons. The molecule has 3 N–H and O–H groups in total. The molecule has 0 aromatic carbocycles. The molecule has 2 aliphatic rings. The van der Waals surface area contributed by atoms with Crippen LogP contribution < -0.4 is 11.1 Å². The van der Waals surface area contributed by atoms with Gasteiger partial charge in [0.15, 0.2) is 0 Å². The van der Waals surface area contributed by atoms with Crippen molar-refractivity contribution in [3.63, 3.8) is 0 Å². The highest BCUT2D eigenvalue weighted by Crippen LogP contribution is 2.34. The van der Waals surface area contributed by atoms with E-state index >= 15 is 0 Å². The van der Waals surface area contributed by atoms with Gasteiger partial charge in [0.2, 0.25) is 0 Å². The maximum Gasteiger partial charge on any atom is 0.0306 e. The second kappa shape index (κ2) is 6.19. The summed E-state index contributed by atoms with van der Waals surface area (Å²) in [4.78, 5) is 0. The van der Waals surface area contributed by atoms with Crippen LogP contribution in [0.5, 0.6) is 0 Å². The Morgan fingerprint density at radius 2 is 1.94 bits per heavy atom. The molecule has 0 spiro atoms. The smallest absolute Gasteiger partial charge is 0.0306 e. The Balaban J connectivity index is 1.76. The van der Waals surface area contributed by atoms with Gasteiger partial charge in [-0.15, -0.1) is 0 Å². The summed E-state index contributed by atoms with van der Waals surface area (Å²) < 4.78 is 0. The zero-order chi connectivity index (χ0) is 12.1. The highest BCUT2D eigenvalue weighted by Gasteiger charge is 2.34. The summed E-state index contributed by atoms with van der Waals surface area (Å²) in [7, 11) is 0. The van der Waals surface area contributed by atoms with Crippen LogP contribution in [0.1, 0.15) is 64.7 Å². The van der Waals surface area contributed by atoms with Crippen LogP contribution >= 0.6 is 0 Å². The number of nitrogens with two attached hydrogens (primary N) is 1. The van der Waals surface area contributed by atoms with Crippen LogP contribution in [0.15, 0.2) is 0 Å². The Bertz CT molecular complexity index is 225. The van der Waals surface area contributed by atoms with E-state index in [1.165, 1.54) is 64.3 Å². The fourth-order valence-corrected chi connectivity index (χ4v) is 3.58. The van der Waals surface area contributed by atoms with Gasteiger partial charge in [0.1, 0.15) is 0 Å². The van der Waals surface area contributed by atoms with E-state index in [-0.39, 0.29) is 5.54 Å². The number of rotatable bonds is 6. The molecular formula is C15H30N2. The predicted molar refractivity (Wildman–Crippen MR) is 74.0 cm³/mol. The molecule has 0 radical (unpaired) electrons. The number of hydrogen-bond donors (Lipinski definition) is 2. The van der Waals surface area contributed by atoms with Gasteiger partial charge in [-0.25, -0.2) is 0 Å². The van der Waals surface area contributed by atoms with Crippen molar-refractivity contribution in [2.45, 2.75) is 70.3 Å². The summed E-state index contributed by atoms with van der Waals surface area (Å²) in [6.45, 7) is 4.35. The molecule has 0 aliphatic heterocycles. The minimum atomic E-state index is 0.280. The summed E-state index contributed by atoms with van der Waals surface area (Å²) in [5.41, 5.74) is 6.34. The van der Waals surface area contributed by atoms with Crippen molar-refractivity contribution >= 4 is 0 Å². The minimum absolute atomic E-state index is 0.280. The summed E-state index contributed by atoms with van der Waals surface area (Å²) in [5.74, 6) is 1.92. The third-order valence-corrected chi connectivity index (χ3v) is 5.19. The standard InChI is InChI=1S/C15H30N2/c1-2-13-7-4-9-15(11-13,12-16)17-10-8-14-5-3-6-14/h13-14,17H,2-12,16H2,1H3. The lowest BCUT2D eigenvalue weighted by Crippen LogP contribution is -2.54. The van der Waals surface area contributed by atoms with Gasteiger partial charge >= 0.3 is 0 Å². The van der Waals surface area contributed by atoms with Gasteiger partial charge in [-0.1, -0.05) is 45.4 Å². The highest BCUT2D eigenvalue weighted by molar-refractivity contribution is 4.94. The second-order valence-corrected chi connectivity index (χ2v) is 6.37. The maximum absolute atomic E-state index is 6.06. The Morgan fingerprint density at radius 3 is 2.53 bits per heavy atom. The third kappa shape index (κ3) is 3.45. The fraction of sp³-hybridized carbons (Fsp3) is 1.00. The van der Waals surface area contributed by atoms with E-state index in [2.05, 4.69) is 12.2 Å². The van der Waals surface area contributed by atoms with Crippen LogP contribution in [-0.4, -0.2) is 18.6 Å². The van der Waals surface area contributed by atoms with E-state index in [1.807, 2.05) is 0 Å². The quantitative estimate of drug-likeness (QED) is 0.746. The van der Waals surface area contributed by atoms with Crippen molar-refractivity contribution in [1.29, 1.82) is 0 Å². The summed E-state index contributed by atoms with van der Waals surface area (Å²) >= 11 is 0. The Kier molecular flexibility index (Phi) is 4.87. The summed E-state index contributed by atoms with van der Waals surface area (Å²) in [6.07, 6.45) is 12.5. The normalized spacial score (nSPS) is 34.6. The van der Waals surface area contributed by atoms with E-state index in [0.717, 1.165) is 18.4 Å². The van der Waals surface area contributed by atoms with Gasteiger partial charge in [-0.2, -0.15) is 0 Å². The van der Waals surface area contributed by atoms with Gasteiger partial charge < -0.3 is 11.1 Å². The first-order chi connectivity index (χ1) is 8.28. The molecule has 2 atom stereocenters. The molecule has 0 amide bonds. The van der Waals surface area contributed by atoms with Gasteiger partial charge in [0.25, 0.3) is 0 Å². The monoisotopic (exact) mass is 238 g/mol. The van der Waals surface area contributed by atoms with Crippen molar-refractivity contribution in [3.8, 4) is 0 Å². The lowest BCUT2D eigenvalue weighted by molar-refractivity contribution is 0.172. The van der Waals surface area contributed by atoms with Crippen molar-refractivity contribution in [2.75, 3.05) is 13.1 Å². The van der Waals surface area contributed by atoms with E-state index in [1.54, 1.807) is 0 Å². The van der Waals surface area contributed by atoms with Gasteiger partial charge in [0.05, 0.1) is 0 Å². The summed E-state index contributed by atoms with van der Waals surface area (Å²) in [5, 5.41) is 3.82. The molecule has 0 saturated heterocycles. The van der Waals surface area contributed by atoms with Crippen LogP contribution in [0.2, 0.25) is 0 Å². The largest absolute Gasteiger partial charge is 0.329 e. The first-order valence-electron chi connectivity index (χ1n) is 7.73. The van der Waals surface area contributed by atoms with Crippen molar-refractivity contribution in [3.05, 3.63) is 0 Å². The average molecular weight is 238 g/mol. The topological polar surface area (TPSA) is 38.0 Å². The van der Waals surface area contributed by atoms with Gasteiger partial charge in [0, 0.05) is 12.1 Å². The molecule has 17 heavy (non-hydrogen) atoms. The molecule has 2 fully saturated rings. The van der Waals surface area contributed by atoms with Crippen molar-refractivity contribution < 1.29 is 0 Å². The van der Waals surface area contributed by atoms with Crippen molar-refractivity contribution in [1.82, 2.24) is 5.32 Å². The highest BCUT2D eigenvalue weighted by atomic mass is 15.0. The Labute approximate surface area is 107 Å². The third-order valence-electron chi connectivity index (χ3n) is 5.19. The molecule has 2 nitrogen and oxygen atoms in total. The summed E-state index contributed by atoms with van der Waals surface area (Å²) in [6, 6.07) is 0. The zero-order valence-electron chi connectivity index (χ0n) is 11.5. The molecule has 2 unspecified atom stereocenters. The zero-order valence-corrected chi connectivity index (χ0v) is 11.5. The number of nitrogens with one attached hydrogen (secondary N) is 1. The Hall–Kier alpha value is -0.0800. The van der Waals surface area contributed by atoms with Gasteiger partial charge in [-0.3, -0.25) is 0 Å². The first-order valence-corrected chi connectivity index (χ1v) is 7.73. The van der Waals surface area contributed by atoms with Crippen LogP contribution in [0.4, 0.5) is 0 Å². The van der Waals surface area contributed by atoms with E-state index in [4.69, 9.17) is 5.73 Å². The SMILES string of the molecule is CCC1CCCC(CN)(NCCC2CCC2)C1. The second-order valence-electron chi connectivity index (χ2n) is 6.37. The molecule has 2 saturated carbocycles.